The molecule has 5 nitrogen and oxygen atoms in total. The zero-order valence-corrected chi connectivity index (χ0v) is 18.2. The molecule has 1 saturated carbocycles. The number of phenols is 1. The number of benzene rings is 1. The quantitative estimate of drug-likeness (QED) is 0.236. The second kappa shape index (κ2) is 12.1. The summed E-state index contributed by atoms with van der Waals surface area (Å²) >= 11 is 6.45. The minimum atomic E-state index is -0.787. The smallest absolute Gasteiger partial charge is 0.303 e. The fourth-order valence-corrected chi connectivity index (χ4v) is 4.48. The lowest BCUT2D eigenvalue weighted by atomic mass is 9.90. The molecule has 166 valence electrons. The van der Waals surface area contributed by atoms with Crippen LogP contribution < -0.4 is 0 Å². The van der Waals surface area contributed by atoms with Gasteiger partial charge in [0.15, 0.2) is 0 Å². The molecule has 0 spiro atoms. The van der Waals surface area contributed by atoms with Gasteiger partial charge < -0.3 is 20.4 Å². The van der Waals surface area contributed by atoms with E-state index in [1.54, 1.807) is 12.1 Å². The largest absolute Gasteiger partial charge is 0.508 e. The van der Waals surface area contributed by atoms with Gasteiger partial charge in [-0.2, -0.15) is 0 Å². The van der Waals surface area contributed by atoms with Crippen molar-refractivity contribution in [3.05, 3.63) is 53.6 Å². The predicted molar refractivity (Wildman–Crippen MR) is 119 cm³/mol. The van der Waals surface area contributed by atoms with Gasteiger partial charge in [0.25, 0.3) is 0 Å². The number of carbonyl (C=O) groups is 1. The van der Waals surface area contributed by atoms with E-state index in [0.717, 1.165) is 17.5 Å². The Labute approximate surface area is 183 Å². The van der Waals surface area contributed by atoms with Crippen LogP contribution in [0.2, 0.25) is 0 Å². The van der Waals surface area contributed by atoms with E-state index in [1.165, 1.54) is 0 Å². The number of carboxylic acids is 1. The minimum absolute atomic E-state index is 0.0706. The van der Waals surface area contributed by atoms with E-state index in [9.17, 15) is 20.1 Å². The number of rotatable bonds is 11. The Kier molecular flexibility index (Phi) is 9.89. The molecule has 0 aromatic heterocycles. The van der Waals surface area contributed by atoms with Crippen molar-refractivity contribution in [1.29, 1.82) is 0 Å². The Hall–Kier alpha value is -1.82. The first-order chi connectivity index (χ1) is 14.3. The van der Waals surface area contributed by atoms with Crippen molar-refractivity contribution in [1.82, 2.24) is 0 Å². The summed E-state index contributed by atoms with van der Waals surface area (Å²) in [6.45, 7) is 1.97. The molecule has 1 aromatic rings. The van der Waals surface area contributed by atoms with Crippen molar-refractivity contribution in [2.24, 2.45) is 11.8 Å². The molecule has 0 bridgehead atoms. The van der Waals surface area contributed by atoms with Crippen LogP contribution in [0.4, 0.5) is 0 Å². The highest BCUT2D eigenvalue weighted by Gasteiger charge is 2.39. The molecule has 0 radical (unpaired) electrons. The van der Waals surface area contributed by atoms with Crippen LogP contribution in [-0.2, 0) is 17.6 Å². The lowest BCUT2D eigenvalue weighted by Crippen LogP contribution is -2.19. The van der Waals surface area contributed by atoms with Gasteiger partial charge in [-0.05, 0) is 55.2 Å². The van der Waals surface area contributed by atoms with Gasteiger partial charge in [0.1, 0.15) is 5.75 Å². The third-order valence-electron chi connectivity index (χ3n) is 5.73. The fraction of sp³-hybridized carbons (Fsp3) is 0.542. The topological polar surface area (TPSA) is 98.0 Å². The van der Waals surface area contributed by atoms with E-state index in [-0.39, 0.29) is 29.4 Å². The molecule has 1 fully saturated rings. The van der Waals surface area contributed by atoms with E-state index >= 15 is 0 Å². The summed E-state index contributed by atoms with van der Waals surface area (Å²) in [5, 5.41) is 39.1. The second-order valence-electron chi connectivity index (χ2n) is 8.03. The number of aliphatic hydroxyl groups excluding tert-OH is 2. The first-order valence-corrected chi connectivity index (χ1v) is 11.1. The molecule has 0 amide bonds. The number of halogens is 1. The lowest BCUT2D eigenvalue weighted by molar-refractivity contribution is -0.137. The standard InChI is InChI=1S/C24H33ClO5/c1-2-17-13-16(9-12-22(17)27)14-18(26)10-11-20-19(21(25)15-23(20)28)7-5-3-4-6-8-24(29)30/h3,5,9-13,18-21,23,26-28H,2,4,6-8,14-15H2,1H3,(H,29,30)/b5-3-,11-10+/t18?,19-,20-,21-,23-/m1/s1. The molecule has 2 rings (SSSR count). The molecule has 6 heteroatoms. The maximum atomic E-state index is 10.5. The molecular weight excluding hydrogens is 404 g/mol. The van der Waals surface area contributed by atoms with Crippen LogP contribution >= 0.6 is 11.6 Å². The van der Waals surface area contributed by atoms with Crippen LogP contribution in [0.5, 0.6) is 5.75 Å². The van der Waals surface area contributed by atoms with Gasteiger partial charge in [-0.25, -0.2) is 0 Å². The summed E-state index contributed by atoms with van der Waals surface area (Å²) < 4.78 is 0. The monoisotopic (exact) mass is 436 g/mol. The number of allylic oxidation sites excluding steroid dienone is 2. The van der Waals surface area contributed by atoms with Crippen molar-refractivity contribution >= 4 is 17.6 Å². The molecule has 1 aliphatic rings. The molecule has 0 saturated heterocycles. The highest BCUT2D eigenvalue weighted by atomic mass is 35.5. The molecule has 0 aliphatic heterocycles. The highest BCUT2D eigenvalue weighted by Crippen LogP contribution is 2.39. The molecule has 1 unspecified atom stereocenters. The van der Waals surface area contributed by atoms with Gasteiger partial charge in [-0.1, -0.05) is 43.4 Å². The predicted octanol–water partition coefficient (Wildman–Crippen LogP) is 4.22. The average molecular weight is 437 g/mol. The number of alkyl halides is 1. The maximum absolute atomic E-state index is 10.5. The number of hydrogen-bond donors (Lipinski definition) is 4. The molecule has 30 heavy (non-hydrogen) atoms. The molecule has 5 atom stereocenters. The first-order valence-electron chi connectivity index (χ1n) is 10.7. The van der Waals surface area contributed by atoms with Crippen LogP contribution in [0.25, 0.3) is 0 Å². The van der Waals surface area contributed by atoms with Gasteiger partial charge in [0.05, 0.1) is 12.2 Å². The summed E-state index contributed by atoms with van der Waals surface area (Å²) in [5.41, 5.74) is 1.81. The van der Waals surface area contributed by atoms with E-state index < -0.39 is 18.2 Å². The van der Waals surface area contributed by atoms with Gasteiger partial charge >= 0.3 is 5.97 Å². The third kappa shape index (κ3) is 7.46. The first kappa shape index (κ1) is 24.4. The van der Waals surface area contributed by atoms with Crippen molar-refractivity contribution in [2.75, 3.05) is 0 Å². The number of aromatic hydroxyl groups is 1. The Morgan fingerprint density at radius 1 is 1.33 bits per heavy atom. The Balaban J connectivity index is 1.92. The van der Waals surface area contributed by atoms with Crippen molar-refractivity contribution < 1.29 is 25.2 Å². The van der Waals surface area contributed by atoms with Gasteiger partial charge in [-0.15, -0.1) is 11.6 Å². The van der Waals surface area contributed by atoms with Crippen molar-refractivity contribution in [3.63, 3.8) is 0 Å². The Bertz CT molecular complexity index is 745. The summed E-state index contributed by atoms with van der Waals surface area (Å²) in [4.78, 5) is 10.5. The van der Waals surface area contributed by atoms with E-state index in [1.807, 2.05) is 37.3 Å². The summed E-state index contributed by atoms with van der Waals surface area (Å²) in [6, 6.07) is 5.37. The third-order valence-corrected chi connectivity index (χ3v) is 6.23. The van der Waals surface area contributed by atoms with Crippen LogP contribution in [0.1, 0.15) is 50.2 Å². The summed E-state index contributed by atoms with van der Waals surface area (Å²) in [5.74, 6) is -0.574. The summed E-state index contributed by atoms with van der Waals surface area (Å²) in [7, 11) is 0. The molecule has 0 heterocycles. The SMILES string of the molecule is CCc1cc(CC(O)/C=C/[C@@H]2[C@@H](C/C=C\CCCC(=O)O)[C@H](Cl)C[C@H]2O)ccc1O. The van der Waals surface area contributed by atoms with Gasteiger partial charge in [0.2, 0.25) is 0 Å². The summed E-state index contributed by atoms with van der Waals surface area (Å²) in [6.07, 6.45) is 10.2. The molecule has 1 aliphatic carbocycles. The van der Waals surface area contributed by atoms with Gasteiger partial charge in [0, 0.05) is 24.1 Å². The number of aryl methyl sites for hydroxylation is 1. The minimum Gasteiger partial charge on any atom is -0.508 e. The zero-order chi connectivity index (χ0) is 22.1. The fourth-order valence-electron chi connectivity index (χ4n) is 4.02. The zero-order valence-electron chi connectivity index (χ0n) is 17.5. The number of unbranched alkanes of at least 4 members (excludes halogenated alkanes) is 1. The Morgan fingerprint density at radius 2 is 2.10 bits per heavy atom. The average Bonchev–Trinajstić information content (AvgIpc) is 2.96. The number of aliphatic carboxylic acids is 1. The van der Waals surface area contributed by atoms with E-state index in [0.29, 0.717) is 32.1 Å². The maximum Gasteiger partial charge on any atom is 0.303 e. The number of phenolic OH excluding ortho intramolecular Hbond substituents is 1. The molecule has 4 N–H and O–H groups in total. The van der Waals surface area contributed by atoms with E-state index in [4.69, 9.17) is 16.7 Å². The molecular formula is C24H33ClO5. The Morgan fingerprint density at radius 3 is 2.80 bits per heavy atom. The molecule has 1 aromatic carbocycles. The van der Waals surface area contributed by atoms with Crippen LogP contribution in [0.3, 0.4) is 0 Å². The van der Waals surface area contributed by atoms with E-state index in [2.05, 4.69) is 0 Å². The van der Waals surface area contributed by atoms with Crippen LogP contribution in [-0.4, -0.2) is 44.0 Å². The second-order valence-corrected chi connectivity index (χ2v) is 8.59. The lowest BCUT2D eigenvalue weighted by Gasteiger charge is -2.19. The van der Waals surface area contributed by atoms with Crippen LogP contribution in [0, 0.1) is 11.8 Å². The van der Waals surface area contributed by atoms with Crippen molar-refractivity contribution in [2.45, 2.75) is 69.5 Å². The van der Waals surface area contributed by atoms with Crippen LogP contribution in [0.15, 0.2) is 42.5 Å². The number of aliphatic hydroxyl groups is 2. The number of carboxylic acid groups (broad SMARTS) is 1. The van der Waals surface area contributed by atoms with Crippen molar-refractivity contribution in [3.8, 4) is 5.75 Å². The number of hydrogen-bond acceptors (Lipinski definition) is 4. The normalized spacial score (nSPS) is 25.3. The highest BCUT2D eigenvalue weighted by molar-refractivity contribution is 6.21. The van der Waals surface area contributed by atoms with Gasteiger partial charge in [-0.3, -0.25) is 4.79 Å².